The summed E-state index contributed by atoms with van der Waals surface area (Å²) in [6.45, 7) is 8.78. The second-order valence-corrected chi connectivity index (χ2v) is 3.03. The Labute approximate surface area is 88.7 Å². The van der Waals surface area contributed by atoms with Crippen LogP contribution >= 0.6 is 0 Å². The maximum atomic E-state index is 11.2. The lowest BCUT2D eigenvalue weighted by atomic mass is 10.2. The zero-order chi connectivity index (χ0) is 11.3. The summed E-state index contributed by atoms with van der Waals surface area (Å²) in [6, 6.07) is 7.19. The van der Waals surface area contributed by atoms with Crippen LogP contribution in [0.1, 0.15) is 5.56 Å². The summed E-state index contributed by atoms with van der Waals surface area (Å²) in [7, 11) is 1.47. The second-order valence-electron chi connectivity index (χ2n) is 3.03. The number of benzene rings is 1. The molecule has 1 atom stereocenters. The van der Waals surface area contributed by atoms with Crippen molar-refractivity contribution in [3.63, 3.8) is 0 Å². The number of ether oxygens (including phenoxy) is 1. The van der Waals surface area contributed by atoms with Crippen molar-refractivity contribution in [1.29, 1.82) is 0 Å². The van der Waals surface area contributed by atoms with Crippen LogP contribution in [0.4, 0.5) is 0 Å². The summed E-state index contributed by atoms with van der Waals surface area (Å²) >= 11 is 0. The summed E-state index contributed by atoms with van der Waals surface area (Å²) in [5, 5.41) is 2.37. The third kappa shape index (κ3) is 2.99. The summed E-state index contributed by atoms with van der Waals surface area (Å²) in [6.07, 6.45) is -1.11. The highest BCUT2D eigenvalue weighted by Crippen LogP contribution is 2.13. The van der Waals surface area contributed by atoms with E-state index >= 15 is 0 Å². The first-order valence-electron chi connectivity index (χ1n) is 4.49. The van der Waals surface area contributed by atoms with Gasteiger partial charge in [-0.05, 0) is 19.1 Å². The smallest absolute Gasteiger partial charge is 0.417 e. The molecular formula is C11H12N2O2. The lowest BCUT2D eigenvalue weighted by Gasteiger charge is -2.07. The first kappa shape index (κ1) is 11.1. The quantitative estimate of drug-likeness (QED) is 0.755. The van der Waals surface area contributed by atoms with E-state index < -0.39 is 12.1 Å². The van der Waals surface area contributed by atoms with Gasteiger partial charge in [0.25, 0.3) is 0 Å². The van der Waals surface area contributed by atoms with Crippen LogP contribution in [0.2, 0.25) is 0 Å². The molecule has 0 saturated carbocycles. The summed E-state index contributed by atoms with van der Waals surface area (Å²) in [4.78, 5) is 14.3. The second kappa shape index (κ2) is 5.01. The van der Waals surface area contributed by atoms with Crippen LogP contribution < -0.4 is 10.1 Å². The van der Waals surface area contributed by atoms with E-state index in [1.54, 1.807) is 12.1 Å². The molecule has 0 bridgehead atoms. The minimum absolute atomic E-state index is 0.439. The van der Waals surface area contributed by atoms with Gasteiger partial charge >= 0.3 is 12.1 Å². The fourth-order valence-electron chi connectivity index (χ4n) is 1.01. The van der Waals surface area contributed by atoms with Crippen LogP contribution in [-0.4, -0.2) is 19.2 Å². The lowest BCUT2D eigenvalue weighted by molar-refractivity contribution is -0.125. The zero-order valence-electron chi connectivity index (χ0n) is 8.65. The van der Waals surface area contributed by atoms with Crippen LogP contribution in [0.5, 0.6) is 5.75 Å². The van der Waals surface area contributed by atoms with E-state index in [0.717, 1.165) is 5.56 Å². The molecule has 0 aliphatic heterocycles. The van der Waals surface area contributed by atoms with Crippen LogP contribution in [0, 0.1) is 13.5 Å². The van der Waals surface area contributed by atoms with Crippen LogP contribution in [0.25, 0.3) is 4.85 Å². The Morgan fingerprint density at radius 2 is 2.07 bits per heavy atom. The van der Waals surface area contributed by atoms with Crippen molar-refractivity contribution in [2.24, 2.45) is 0 Å². The molecule has 4 nitrogen and oxygen atoms in total. The molecule has 0 aliphatic rings. The number of nitrogens with zero attached hydrogens (tertiary/aromatic N) is 1. The average molecular weight is 204 g/mol. The average Bonchev–Trinajstić information content (AvgIpc) is 2.27. The molecule has 0 aromatic heterocycles. The van der Waals surface area contributed by atoms with Gasteiger partial charge in [-0.3, -0.25) is 9.64 Å². The van der Waals surface area contributed by atoms with E-state index in [1.807, 2.05) is 19.1 Å². The number of hydrogen-bond acceptors (Lipinski definition) is 2. The fraction of sp³-hybridized carbons (Fsp3) is 0.273. The van der Waals surface area contributed by atoms with Gasteiger partial charge in [-0.25, -0.2) is 6.57 Å². The van der Waals surface area contributed by atoms with E-state index in [2.05, 4.69) is 10.2 Å². The molecule has 1 amide bonds. The molecule has 1 unspecified atom stereocenters. The number of nitrogens with one attached hydrogen (secondary N) is 1. The molecule has 1 aromatic rings. The molecule has 0 aliphatic carbocycles. The van der Waals surface area contributed by atoms with Crippen molar-refractivity contribution in [1.82, 2.24) is 5.32 Å². The Morgan fingerprint density at radius 3 is 2.53 bits per heavy atom. The number of carbonyl (C=O) groups is 1. The third-order valence-corrected chi connectivity index (χ3v) is 1.86. The van der Waals surface area contributed by atoms with Crippen molar-refractivity contribution in [2.45, 2.75) is 13.2 Å². The SMILES string of the molecule is [C-]#[N+]C(Oc1ccc(C)cc1)C(=O)NC. The molecule has 1 rings (SSSR count). The Balaban J connectivity index is 2.72. The number of hydrogen-bond donors (Lipinski definition) is 1. The molecule has 15 heavy (non-hydrogen) atoms. The minimum atomic E-state index is -1.11. The summed E-state index contributed by atoms with van der Waals surface area (Å²) in [5.74, 6) is 0.0794. The number of rotatable bonds is 3. The molecular weight excluding hydrogens is 192 g/mol. The fourth-order valence-corrected chi connectivity index (χ4v) is 1.01. The van der Waals surface area contributed by atoms with Gasteiger partial charge < -0.3 is 10.1 Å². The largest absolute Gasteiger partial charge is 0.446 e. The van der Waals surface area contributed by atoms with E-state index in [4.69, 9.17) is 11.3 Å². The lowest BCUT2D eigenvalue weighted by Crippen LogP contribution is -2.33. The first-order valence-corrected chi connectivity index (χ1v) is 4.49. The predicted octanol–water partition coefficient (Wildman–Crippen LogP) is 1.37. The van der Waals surface area contributed by atoms with E-state index in [-0.39, 0.29) is 0 Å². The Morgan fingerprint density at radius 1 is 1.47 bits per heavy atom. The molecule has 0 fully saturated rings. The van der Waals surface area contributed by atoms with Crippen molar-refractivity contribution < 1.29 is 9.53 Å². The standard InChI is InChI=1S/C11H12N2O2/c1-8-4-6-9(7-5-8)15-11(13-3)10(14)12-2/h4-7,11H,1-2H3,(H,12,14). The van der Waals surface area contributed by atoms with Crippen LogP contribution in [-0.2, 0) is 4.79 Å². The van der Waals surface area contributed by atoms with E-state index in [1.165, 1.54) is 7.05 Å². The van der Waals surface area contributed by atoms with Crippen molar-refractivity contribution in [3.8, 4) is 5.75 Å². The monoisotopic (exact) mass is 204 g/mol. The van der Waals surface area contributed by atoms with Gasteiger partial charge in [0.05, 0.1) is 0 Å². The number of aryl methyl sites for hydroxylation is 1. The van der Waals surface area contributed by atoms with Gasteiger partial charge in [0.2, 0.25) is 0 Å². The number of carbonyl (C=O) groups excluding carboxylic acids is 1. The highest BCUT2D eigenvalue weighted by Gasteiger charge is 2.23. The molecule has 78 valence electrons. The maximum Gasteiger partial charge on any atom is 0.446 e. The molecule has 1 aromatic carbocycles. The zero-order valence-corrected chi connectivity index (χ0v) is 8.65. The molecule has 0 radical (unpaired) electrons. The van der Waals surface area contributed by atoms with Gasteiger partial charge in [0.1, 0.15) is 5.75 Å². The molecule has 0 heterocycles. The topological polar surface area (TPSA) is 42.7 Å². The van der Waals surface area contributed by atoms with Gasteiger partial charge in [-0.1, -0.05) is 17.7 Å². The van der Waals surface area contributed by atoms with Crippen LogP contribution in [0.3, 0.4) is 0 Å². The first-order chi connectivity index (χ1) is 7.17. The van der Waals surface area contributed by atoms with E-state index in [0.29, 0.717) is 5.75 Å². The Bertz CT molecular complexity index is 379. The maximum absolute atomic E-state index is 11.2. The summed E-state index contributed by atoms with van der Waals surface area (Å²) in [5.41, 5.74) is 1.10. The van der Waals surface area contributed by atoms with Crippen LogP contribution in [0.15, 0.2) is 24.3 Å². The number of amides is 1. The summed E-state index contributed by atoms with van der Waals surface area (Å²) < 4.78 is 5.21. The molecule has 0 saturated heterocycles. The molecule has 1 N–H and O–H groups in total. The predicted molar refractivity (Wildman–Crippen MR) is 56.3 cm³/mol. The third-order valence-electron chi connectivity index (χ3n) is 1.86. The number of likely N-dealkylation sites (N-methyl/N-ethyl adjacent to an activating group) is 1. The van der Waals surface area contributed by atoms with Gasteiger partial charge in [-0.15, -0.1) is 0 Å². The normalized spacial score (nSPS) is 11.3. The van der Waals surface area contributed by atoms with Crippen molar-refractivity contribution in [2.75, 3.05) is 7.05 Å². The highest BCUT2D eigenvalue weighted by molar-refractivity contribution is 5.81. The van der Waals surface area contributed by atoms with Gasteiger partial charge in [-0.2, -0.15) is 0 Å². The Hall–Kier alpha value is -2.02. The highest BCUT2D eigenvalue weighted by atomic mass is 16.5. The van der Waals surface area contributed by atoms with Crippen molar-refractivity contribution >= 4 is 5.91 Å². The van der Waals surface area contributed by atoms with Gasteiger partial charge in [0, 0.05) is 7.05 Å². The Kier molecular flexibility index (Phi) is 3.69. The van der Waals surface area contributed by atoms with E-state index in [9.17, 15) is 4.79 Å². The van der Waals surface area contributed by atoms with Crippen molar-refractivity contribution in [3.05, 3.63) is 41.2 Å². The minimum Gasteiger partial charge on any atom is -0.417 e. The molecule has 0 spiro atoms. The van der Waals surface area contributed by atoms with Gasteiger partial charge in [0.15, 0.2) is 0 Å². The molecule has 4 heteroatoms.